The predicted octanol–water partition coefficient (Wildman–Crippen LogP) is 1.42. The van der Waals surface area contributed by atoms with Gasteiger partial charge in [0.05, 0.1) is 19.6 Å². The predicted molar refractivity (Wildman–Crippen MR) is 96.4 cm³/mol. The quantitative estimate of drug-likeness (QED) is 0.683. The third-order valence-corrected chi connectivity index (χ3v) is 4.92. The van der Waals surface area contributed by atoms with Gasteiger partial charge in [-0.1, -0.05) is 13.8 Å². The summed E-state index contributed by atoms with van der Waals surface area (Å²) in [5, 5.41) is 12.9. The average Bonchev–Trinajstić information content (AvgIpc) is 3.04. The third-order valence-electron chi connectivity index (χ3n) is 4.92. The summed E-state index contributed by atoms with van der Waals surface area (Å²) in [6.07, 6.45) is -2.94. The number of amides is 1. The lowest BCUT2D eigenvalue weighted by molar-refractivity contribution is -0.271. The zero-order valence-corrected chi connectivity index (χ0v) is 16.5. The van der Waals surface area contributed by atoms with Crippen LogP contribution in [0.15, 0.2) is 12.4 Å². The van der Waals surface area contributed by atoms with Gasteiger partial charge in [-0.05, 0) is 12.3 Å². The lowest BCUT2D eigenvalue weighted by Gasteiger charge is -2.36. The first-order valence-corrected chi connectivity index (χ1v) is 9.40. The smallest absolute Gasteiger partial charge is 0.379 e. The van der Waals surface area contributed by atoms with Crippen LogP contribution in [-0.2, 0) is 22.2 Å². The maximum Gasteiger partial charge on any atom is 0.425 e. The fourth-order valence-corrected chi connectivity index (χ4v) is 3.44. The number of imidazole rings is 1. The molecule has 160 valence electrons. The van der Waals surface area contributed by atoms with Gasteiger partial charge in [0.15, 0.2) is 5.82 Å². The zero-order chi connectivity index (χ0) is 20.9. The number of morpholine rings is 1. The van der Waals surface area contributed by atoms with E-state index >= 15 is 0 Å². The molecule has 10 heteroatoms. The number of halogens is 3. The van der Waals surface area contributed by atoms with Gasteiger partial charge in [0.25, 0.3) is 0 Å². The molecule has 0 aromatic carbocycles. The van der Waals surface area contributed by atoms with Crippen LogP contribution in [0.3, 0.4) is 0 Å². The number of hydrogen-bond donors (Lipinski definition) is 2. The molecule has 1 saturated heterocycles. The van der Waals surface area contributed by atoms with Crippen molar-refractivity contribution in [2.75, 3.05) is 32.8 Å². The van der Waals surface area contributed by atoms with Crippen molar-refractivity contribution in [1.82, 2.24) is 19.8 Å². The highest BCUT2D eigenvalue weighted by Crippen LogP contribution is 2.40. The average molecular weight is 406 g/mol. The van der Waals surface area contributed by atoms with Gasteiger partial charge in [-0.3, -0.25) is 9.69 Å². The lowest BCUT2D eigenvalue weighted by Crippen LogP contribution is -2.51. The van der Waals surface area contributed by atoms with Crippen LogP contribution in [0.1, 0.15) is 32.5 Å². The summed E-state index contributed by atoms with van der Waals surface area (Å²) in [7, 11) is 1.34. The molecule has 1 fully saturated rings. The maximum absolute atomic E-state index is 13.6. The van der Waals surface area contributed by atoms with Crippen LogP contribution in [0.2, 0.25) is 0 Å². The molecule has 28 heavy (non-hydrogen) atoms. The Labute approximate surface area is 162 Å². The number of aryl methyl sites for hydroxylation is 1. The van der Waals surface area contributed by atoms with E-state index in [1.54, 1.807) is 0 Å². The summed E-state index contributed by atoms with van der Waals surface area (Å²) in [6.45, 7) is 6.94. The van der Waals surface area contributed by atoms with Crippen LogP contribution in [0.5, 0.6) is 0 Å². The maximum atomic E-state index is 13.6. The van der Waals surface area contributed by atoms with E-state index in [1.165, 1.54) is 13.2 Å². The van der Waals surface area contributed by atoms with E-state index in [2.05, 4.69) is 29.0 Å². The molecule has 0 radical (unpaired) electrons. The van der Waals surface area contributed by atoms with Crippen LogP contribution < -0.4 is 5.32 Å². The monoisotopic (exact) mass is 406 g/mol. The van der Waals surface area contributed by atoms with E-state index < -0.39 is 29.9 Å². The zero-order valence-electron chi connectivity index (χ0n) is 16.5. The number of alkyl halides is 3. The van der Waals surface area contributed by atoms with E-state index in [0.717, 1.165) is 17.2 Å². The Balaban J connectivity index is 2.06. The van der Waals surface area contributed by atoms with Gasteiger partial charge < -0.3 is 19.7 Å². The minimum Gasteiger partial charge on any atom is -0.379 e. The first-order valence-electron chi connectivity index (χ1n) is 9.40. The number of nitrogens with zero attached hydrogens (tertiary/aromatic N) is 3. The first-order chi connectivity index (χ1) is 13.0. The van der Waals surface area contributed by atoms with Crippen LogP contribution in [0.25, 0.3) is 0 Å². The van der Waals surface area contributed by atoms with E-state index in [0.29, 0.717) is 32.2 Å². The highest BCUT2D eigenvalue weighted by molar-refractivity contribution is 5.77. The molecule has 7 nitrogen and oxygen atoms in total. The second kappa shape index (κ2) is 9.23. The number of aromatic nitrogens is 2. The molecular weight excluding hydrogens is 377 g/mol. The van der Waals surface area contributed by atoms with E-state index in [4.69, 9.17) is 4.74 Å². The number of carbonyl (C=O) groups is 1. The Morgan fingerprint density at radius 1 is 1.36 bits per heavy atom. The van der Waals surface area contributed by atoms with Crippen molar-refractivity contribution in [3.8, 4) is 0 Å². The van der Waals surface area contributed by atoms with Crippen molar-refractivity contribution in [3.05, 3.63) is 18.2 Å². The van der Waals surface area contributed by atoms with Gasteiger partial charge in [-0.2, -0.15) is 13.2 Å². The van der Waals surface area contributed by atoms with Gasteiger partial charge in [-0.15, -0.1) is 0 Å². The summed E-state index contributed by atoms with van der Waals surface area (Å²) in [4.78, 5) is 18.1. The lowest BCUT2D eigenvalue weighted by atomic mass is 9.96. The van der Waals surface area contributed by atoms with Crippen LogP contribution >= 0.6 is 0 Å². The number of carbonyl (C=O) groups excluding carboxylic acids is 1. The molecule has 2 N–H and O–H groups in total. The molecule has 0 spiro atoms. The van der Waals surface area contributed by atoms with Gasteiger partial charge >= 0.3 is 6.18 Å². The minimum atomic E-state index is -5.04. The molecule has 1 aromatic heterocycles. The molecule has 1 amide bonds. The molecule has 2 unspecified atom stereocenters. The Kier molecular flexibility index (Phi) is 7.46. The first kappa shape index (κ1) is 22.6. The Morgan fingerprint density at radius 3 is 2.50 bits per heavy atom. The molecule has 0 aliphatic carbocycles. The third kappa shape index (κ3) is 5.45. The standard InChI is InChI=1S/C18H29F3N4O3/c1-13(2)10-14(25-6-8-28-9-7-25)12-23-15(26)11-17(27,18(19,20)21)16-22-4-5-24(16)3/h4-5,13-14,27H,6-12H2,1-3H3,(H,23,26). The SMILES string of the molecule is CC(C)CC(CNC(=O)CC(O)(c1nccn1C)C(F)(F)F)N1CCOCC1. The summed E-state index contributed by atoms with van der Waals surface area (Å²) in [5.41, 5.74) is -3.35. The van der Waals surface area contributed by atoms with E-state index in [9.17, 15) is 23.1 Å². The Hall–Kier alpha value is -1.65. The van der Waals surface area contributed by atoms with Crippen molar-refractivity contribution in [2.45, 2.75) is 44.5 Å². The summed E-state index contributed by atoms with van der Waals surface area (Å²) in [5.74, 6) is -1.11. The molecule has 0 saturated carbocycles. The fourth-order valence-electron chi connectivity index (χ4n) is 3.44. The van der Waals surface area contributed by atoms with Gasteiger partial charge in [0.2, 0.25) is 11.5 Å². The second-order valence-corrected chi connectivity index (χ2v) is 7.63. The molecule has 1 aliphatic rings. The van der Waals surface area contributed by atoms with E-state index in [-0.39, 0.29) is 12.6 Å². The summed E-state index contributed by atoms with van der Waals surface area (Å²) >= 11 is 0. The molecular formula is C18H29F3N4O3. The molecule has 0 bridgehead atoms. The summed E-state index contributed by atoms with van der Waals surface area (Å²) in [6, 6.07) is -0.00000835. The van der Waals surface area contributed by atoms with Crippen LogP contribution in [0, 0.1) is 5.92 Å². The number of aliphatic hydroxyl groups is 1. The van der Waals surface area contributed by atoms with Crippen molar-refractivity contribution < 1.29 is 27.8 Å². The van der Waals surface area contributed by atoms with E-state index in [1.807, 2.05) is 0 Å². The second-order valence-electron chi connectivity index (χ2n) is 7.63. The number of hydrogen-bond acceptors (Lipinski definition) is 5. The number of nitrogens with one attached hydrogen (secondary N) is 1. The van der Waals surface area contributed by atoms with Crippen molar-refractivity contribution in [2.24, 2.45) is 13.0 Å². The van der Waals surface area contributed by atoms with Crippen molar-refractivity contribution in [3.63, 3.8) is 0 Å². The van der Waals surface area contributed by atoms with Crippen molar-refractivity contribution in [1.29, 1.82) is 0 Å². The number of rotatable bonds is 8. The Bertz CT molecular complexity index is 644. The topological polar surface area (TPSA) is 79.6 Å². The molecule has 2 heterocycles. The summed E-state index contributed by atoms with van der Waals surface area (Å²) < 4.78 is 47.1. The van der Waals surface area contributed by atoms with Gasteiger partial charge in [0, 0.05) is 45.1 Å². The number of ether oxygens (including phenoxy) is 1. The highest BCUT2D eigenvalue weighted by Gasteiger charge is 2.58. The highest BCUT2D eigenvalue weighted by atomic mass is 19.4. The molecule has 1 aromatic rings. The van der Waals surface area contributed by atoms with Crippen LogP contribution in [-0.4, -0.2) is 70.5 Å². The molecule has 2 rings (SSSR count). The fraction of sp³-hybridized carbons (Fsp3) is 0.778. The normalized spacial score (nSPS) is 19.4. The van der Waals surface area contributed by atoms with Crippen molar-refractivity contribution >= 4 is 5.91 Å². The minimum absolute atomic E-state index is 0.00000835. The van der Waals surface area contributed by atoms with Gasteiger partial charge in [-0.25, -0.2) is 4.98 Å². The molecule has 2 atom stereocenters. The van der Waals surface area contributed by atoms with Gasteiger partial charge in [0.1, 0.15) is 0 Å². The molecule has 1 aliphatic heterocycles. The Morgan fingerprint density at radius 2 is 2.00 bits per heavy atom. The van der Waals surface area contributed by atoms with Crippen LogP contribution in [0.4, 0.5) is 13.2 Å². The largest absolute Gasteiger partial charge is 0.425 e.